The average molecular weight is 365 g/mol. The zero-order valence-electron chi connectivity index (χ0n) is 13.9. The van der Waals surface area contributed by atoms with Gasteiger partial charge in [-0.3, -0.25) is 0 Å². The van der Waals surface area contributed by atoms with Gasteiger partial charge in [0.25, 0.3) is 0 Å². The van der Waals surface area contributed by atoms with Gasteiger partial charge in [-0.2, -0.15) is 8.42 Å². The van der Waals surface area contributed by atoms with E-state index in [4.69, 9.17) is 4.18 Å². The minimum atomic E-state index is -3.94. The molecule has 1 aliphatic rings. The normalized spacial score (nSPS) is 14.1. The van der Waals surface area contributed by atoms with Crippen LogP contribution >= 0.6 is 0 Å². The molecule has 26 heavy (non-hydrogen) atoms. The first-order valence-electron chi connectivity index (χ1n) is 7.97. The van der Waals surface area contributed by atoms with Gasteiger partial charge in [0.05, 0.1) is 0 Å². The highest BCUT2D eigenvalue weighted by molar-refractivity contribution is 7.87. The number of rotatable bonds is 3. The summed E-state index contributed by atoms with van der Waals surface area (Å²) in [6.45, 7) is 1.88. The maximum atomic E-state index is 12.5. The highest BCUT2D eigenvalue weighted by Gasteiger charge is 2.26. The SMILES string of the molecule is Cc1ccc(S(=O)(=O)Oc2ccc3c(c2)C(=NO)c2ccccc2-3)cc1. The Balaban J connectivity index is 1.73. The van der Waals surface area contributed by atoms with E-state index in [1.807, 2.05) is 31.2 Å². The van der Waals surface area contributed by atoms with Crippen molar-refractivity contribution >= 4 is 15.8 Å². The van der Waals surface area contributed by atoms with E-state index in [1.54, 1.807) is 30.3 Å². The molecule has 1 aliphatic carbocycles. The molecule has 0 heterocycles. The quantitative estimate of drug-likeness (QED) is 0.339. The Labute approximate surface area is 151 Å². The van der Waals surface area contributed by atoms with Gasteiger partial charge < -0.3 is 9.39 Å². The summed E-state index contributed by atoms with van der Waals surface area (Å²) < 4.78 is 30.2. The van der Waals surface area contributed by atoms with E-state index in [0.29, 0.717) is 11.3 Å². The molecule has 3 aromatic carbocycles. The molecule has 0 saturated heterocycles. The lowest BCUT2D eigenvalue weighted by molar-refractivity contribution is 0.320. The molecular weight excluding hydrogens is 350 g/mol. The molecule has 0 saturated carbocycles. The molecule has 0 aromatic heterocycles. The van der Waals surface area contributed by atoms with Crippen LogP contribution in [0.25, 0.3) is 11.1 Å². The van der Waals surface area contributed by atoms with Crippen molar-refractivity contribution in [3.05, 3.63) is 83.4 Å². The third-order valence-corrected chi connectivity index (χ3v) is 5.60. The summed E-state index contributed by atoms with van der Waals surface area (Å²) in [5.74, 6) is 0.165. The second-order valence-corrected chi connectivity index (χ2v) is 7.60. The maximum Gasteiger partial charge on any atom is 0.339 e. The molecule has 3 aromatic rings. The van der Waals surface area contributed by atoms with Crippen molar-refractivity contribution in [2.75, 3.05) is 0 Å². The van der Waals surface area contributed by atoms with E-state index in [2.05, 4.69) is 5.16 Å². The Morgan fingerprint density at radius 3 is 2.19 bits per heavy atom. The number of hydrogen-bond acceptors (Lipinski definition) is 5. The summed E-state index contributed by atoms with van der Waals surface area (Å²) in [5.41, 5.74) is 4.59. The van der Waals surface area contributed by atoms with Crippen molar-refractivity contribution in [2.45, 2.75) is 11.8 Å². The third kappa shape index (κ3) is 2.64. The predicted molar refractivity (Wildman–Crippen MR) is 98.3 cm³/mol. The average Bonchev–Trinajstić information content (AvgIpc) is 2.94. The Morgan fingerprint density at radius 1 is 0.846 bits per heavy atom. The molecule has 0 aliphatic heterocycles. The minimum absolute atomic E-state index is 0.0860. The van der Waals surface area contributed by atoms with Crippen molar-refractivity contribution in [3.8, 4) is 16.9 Å². The van der Waals surface area contributed by atoms with Gasteiger partial charge in [0, 0.05) is 11.1 Å². The molecule has 0 unspecified atom stereocenters. The summed E-state index contributed by atoms with van der Waals surface area (Å²) in [5, 5.41) is 12.8. The zero-order chi connectivity index (χ0) is 18.3. The number of oxime groups is 1. The van der Waals surface area contributed by atoms with E-state index >= 15 is 0 Å². The van der Waals surface area contributed by atoms with E-state index in [-0.39, 0.29) is 10.6 Å². The standard InChI is InChI=1S/C20H15NO4S/c1-13-6-9-15(10-7-13)26(23,24)25-14-8-11-17-16-4-2-3-5-18(16)20(21-22)19(17)12-14/h2-12,22H,1H3. The van der Waals surface area contributed by atoms with Crippen LogP contribution in [0.2, 0.25) is 0 Å². The highest BCUT2D eigenvalue weighted by Crippen LogP contribution is 2.38. The minimum Gasteiger partial charge on any atom is -0.410 e. The van der Waals surface area contributed by atoms with Crippen LogP contribution in [0.1, 0.15) is 16.7 Å². The van der Waals surface area contributed by atoms with Gasteiger partial charge in [-0.15, -0.1) is 0 Å². The van der Waals surface area contributed by atoms with Crippen LogP contribution in [-0.2, 0) is 10.1 Å². The van der Waals surface area contributed by atoms with Crippen LogP contribution in [0, 0.1) is 6.92 Å². The monoisotopic (exact) mass is 365 g/mol. The molecule has 0 atom stereocenters. The molecule has 0 bridgehead atoms. The molecule has 0 fully saturated rings. The van der Waals surface area contributed by atoms with E-state index in [9.17, 15) is 13.6 Å². The van der Waals surface area contributed by atoms with Gasteiger partial charge in [0.2, 0.25) is 0 Å². The Hall–Kier alpha value is -3.12. The Kier molecular flexibility index (Phi) is 3.77. The molecule has 0 spiro atoms. The van der Waals surface area contributed by atoms with Crippen LogP contribution in [0.4, 0.5) is 0 Å². The molecule has 5 nitrogen and oxygen atoms in total. The fraction of sp³-hybridized carbons (Fsp3) is 0.0500. The first kappa shape index (κ1) is 16.4. The largest absolute Gasteiger partial charge is 0.410 e. The summed E-state index contributed by atoms with van der Waals surface area (Å²) in [4.78, 5) is 0.0860. The smallest absolute Gasteiger partial charge is 0.339 e. The van der Waals surface area contributed by atoms with Crippen molar-refractivity contribution in [1.29, 1.82) is 0 Å². The van der Waals surface area contributed by atoms with Crippen molar-refractivity contribution in [1.82, 2.24) is 0 Å². The summed E-state index contributed by atoms with van der Waals surface area (Å²) in [6.07, 6.45) is 0. The van der Waals surface area contributed by atoms with Crippen molar-refractivity contribution in [3.63, 3.8) is 0 Å². The summed E-state index contributed by atoms with van der Waals surface area (Å²) in [6, 6.07) is 18.9. The number of fused-ring (bicyclic) bond motifs is 3. The van der Waals surface area contributed by atoms with Gasteiger partial charge >= 0.3 is 10.1 Å². The van der Waals surface area contributed by atoms with Crippen LogP contribution < -0.4 is 4.18 Å². The highest BCUT2D eigenvalue weighted by atomic mass is 32.2. The molecule has 1 N–H and O–H groups in total. The van der Waals surface area contributed by atoms with E-state index in [1.165, 1.54) is 12.1 Å². The van der Waals surface area contributed by atoms with Crippen LogP contribution in [0.15, 0.2) is 76.8 Å². The molecule has 0 radical (unpaired) electrons. The molecule has 6 heteroatoms. The second kappa shape index (κ2) is 6.00. The number of nitrogens with zero attached hydrogens (tertiary/aromatic N) is 1. The van der Waals surface area contributed by atoms with Crippen molar-refractivity contribution < 1.29 is 17.8 Å². The lowest BCUT2D eigenvalue weighted by Crippen LogP contribution is -2.10. The number of aryl methyl sites for hydroxylation is 1. The Morgan fingerprint density at radius 2 is 1.50 bits per heavy atom. The van der Waals surface area contributed by atoms with E-state index < -0.39 is 10.1 Å². The van der Waals surface area contributed by atoms with Gasteiger partial charge in [0.15, 0.2) is 0 Å². The fourth-order valence-electron chi connectivity index (χ4n) is 3.06. The molecular formula is C20H15NO4S. The number of hydrogen-bond donors (Lipinski definition) is 1. The fourth-order valence-corrected chi connectivity index (χ4v) is 3.99. The molecule has 130 valence electrons. The summed E-state index contributed by atoms with van der Waals surface area (Å²) in [7, 11) is -3.94. The van der Waals surface area contributed by atoms with Crippen molar-refractivity contribution in [2.24, 2.45) is 5.16 Å². The van der Waals surface area contributed by atoms with Crippen LogP contribution in [0.5, 0.6) is 5.75 Å². The maximum absolute atomic E-state index is 12.5. The summed E-state index contributed by atoms with van der Waals surface area (Å²) >= 11 is 0. The Bertz CT molecular complexity index is 1130. The lowest BCUT2D eigenvalue weighted by atomic mass is 10.1. The third-order valence-electron chi connectivity index (χ3n) is 4.33. The lowest BCUT2D eigenvalue weighted by Gasteiger charge is -2.09. The van der Waals surface area contributed by atoms with Gasteiger partial charge in [0.1, 0.15) is 16.4 Å². The van der Waals surface area contributed by atoms with Gasteiger partial charge in [-0.05, 0) is 48.4 Å². The molecule has 0 amide bonds. The predicted octanol–water partition coefficient (Wildman–Crippen LogP) is 3.97. The zero-order valence-corrected chi connectivity index (χ0v) is 14.7. The van der Waals surface area contributed by atoms with Gasteiger partial charge in [-0.25, -0.2) is 0 Å². The first-order valence-corrected chi connectivity index (χ1v) is 9.38. The van der Waals surface area contributed by atoms with E-state index in [0.717, 1.165) is 22.3 Å². The number of benzene rings is 3. The second-order valence-electron chi connectivity index (χ2n) is 6.05. The molecule has 4 rings (SSSR count). The van der Waals surface area contributed by atoms with Crippen LogP contribution in [0.3, 0.4) is 0 Å². The van der Waals surface area contributed by atoms with Crippen LogP contribution in [-0.4, -0.2) is 19.3 Å². The van der Waals surface area contributed by atoms with Gasteiger partial charge in [-0.1, -0.05) is 47.1 Å². The first-order chi connectivity index (χ1) is 12.5. The topological polar surface area (TPSA) is 76.0 Å².